The Kier molecular flexibility index (Phi) is 4.92. The number of rotatable bonds is 5. The van der Waals surface area contributed by atoms with Crippen LogP contribution < -0.4 is 15.6 Å². The number of hydrogen-bond acceptors (Lipinski definition) is 6. The van der Waals surface area contributed by atoms with Gasteiger partial charge in [0.1, 0.15) is 5.58 Å². The second-order valence-corrected chi connectivity index (χ2v) is 7.63. The maximum Gasteiger partial charge on any atom is 0.337 e. The number of nitriles is 1. The number of anilines is 2. The first-order chi connectivity index (χ1) is 14.4. The summed E-state index contributed by atoms with van der Waals surface area (Å²) in [5, 5.41) is 22.2. The Labute approximate surface area is 173 Å². The largest absolute Gasteiger partial charge is 0.478 e. The molecule has 0 bridgehead atoms. The monoisotopic (exact) mass is 403 g/mol. The zero-order chi connectivity index (χ0) is 21.4. The first-order valence-corrected chi connectivity index (χ1v) is 9.69. The Bertz CT molecular complexity index is 1240. The van der Waals surface area contributed by atoms with Gasteiger partial charge in [-0.2, -0.15) is 5.26 Å². The van der Waals surface area contributed by atoms with Crippen LogP contribution in [0.25, 0.3) is 11.0 Å². The molecule has 1 saturated heterocycles. The number of carbonyl (C=O) groups is 1. The lowest BCUT2D eigenvalue weighted by Crippen LogP contribution is -2.46. The van der Waals surface area contributed by atoms with E-state index in [1.54, 1.807) is 30.3 Å². The number of carboxylic acid groups (broad SMARTS) is 1. The third-order valence-electron chi connectivity index (χ3n) is 5.36. The fourth-order valence-corrected chi connectivity index (χ4v) is 3.75. The zero-order valence-electron chi connectivity index (χ0n) is 16.7. The highest BCUT2D eigenvalue weighted by molar-refractivity contribution is 5.94. The minimum Gasteiger partial charge on any atom is -0.478 e. The molecule has 4 rings (SSSR count). The van der Waals surface area contributed by atoms with Gasteiger partial charge >= 0.3 is 5.97 Å². The van der Waals surface area contributed by atoms with E-state index in [1.807, 2.05) is 24.8 Å². The minimum atomic E-state index is -1.02. The van der Waals surface area contributed by atoms with Gasteiger partial charge in [-0.1, -0.05) is 18.2 Å². The molecule has 2 aromatic carbocycles. The summed E-state index contributed by atoms with van der Waals surface area (Å²) in [4.78, 5) is 26.2. The molecule has 1 aromatic heterocycles. The summed E-state index contributed by atoms with van der Waals surface area (Å²) in [5.74, 6) is -0.628. The van der Waals surface area contributed by atoms with E-state index in [4.69, 9.17) is 9.68 Å². The average Bonchev–Trinajstić information content (AvgIpc) is 2.67. The summed E-state index contributed by atoms with van der Waals surface area (Å²) in [6.07, 6.45) is 0. The standard InChI is InChI=1S/C23H21N3O4/c1-13-7-17(14(2)25-19-6-4-3-5-16(19)23(28)29)22-18(8-13)20(27)9-21(30-22)26-11-15(10-24)12-26/h3-9,14-15,25H,11-12H2,1-2H3,(H,28,29)/t14-/m1/s1. The zero-order valence-corrected chi connectivity index (χ0v) is 16.7. The van der Waals surface area contributed by atoms with E-state index in [0.29, 0.717) is 35.6 Å². The van der Waals surface area contributed by atoms with E-state index in [2.05, 4.69) is 11.4 Å². The molecule has 0 radical (unpaired) electrons. The quantitative estimate of drug-likeness (QED) is 0.665. The van der Waals surface area contributed by atoms with Crippen molar-refractivity contribution in [3.05, 3.63) is 69.4 Å². The van der Waals surface area contributed by atoms with E-state index >= 15 is 0 Å². The van der Waals surface area contributed by atoms with Crippen LogP contribution in [0.1, 0.15) is 34.5 Å². The third-order valence-corrected chi connectivity index (χ3v) is 5.36. The van der Waals surface area contributed by atoms with Crippen LogP contribution in [0.3, 0.4) is 0 Å². The molecule has 3 aromatic rings. The highest BCUT2D eigenvalue weighted by atomic mass is 16.4. The molecule has 7 heteroatoms. The van der Waals surface area contributed by atoms with E-state index in [0.717, 1.165) is 11.1 Å². The maximum absolute atomic E-state index is 12.8. The van der Waals surface area contributed by atoms with Gasteiger partial charge < -0.3 is 19.7 Å². The second kappa shape index (κ2) is 7.56. The molecule has 1 fully saturated rings. The lowest BCUT2D eigenvalue weighted by Gasteiger charge is -2.35. The van der Waals surface area contributed by atoms with E-state index < -0.39 is 5.97 Å². The maximum atomic E-state index is 12.8. The first kappa shape index (κ1) is 19.5. The molecule has 0 aliphatic carbocycles. The van der Waals surface area contributed by atoms with Crippen molar-refractivity contribution in [2.24, 2.45) is 5.92 Å². The van der Waals surface area contributed by atoms with E-state index in [9.17, 15) is 14.7 Å². The highest BCUT2D eigenvalue weighted by Gasteiger charge is 2.29. The van der Waals surface area contributed by atoms with Gasteiger partial charge in [-0.05, 0) is 37.6 Å². The molecule has 30 heavy (non-hydrogen) atoms. The van der Waals surface area contributed by atoms with Gasteiger partial charge in [0.2, 0.25) is 0 Å². The first-order valence-electron chi connectivity index (χ1n) is 9.69. The summed E-state index contributed by atoms with van der Waals surface area (Å²) >= 11 is 0. The molecule has 1 aliphatic rings. The average molecular weight is 403 g/mol. The van der Waals surface area contributed by atoms with E-state index in [-0.39, 0.29) is 23.0 Å². The molecule has 1 atom stereocenters. The van der Waals surface area contributed by atoms with Crippen LogP contribution in [0.2, 0.25) is 0 Å². The summed E-state index contributed by atoms with van der Waals surface area (Å²) < 4.78 is 6.12. The van der Waals surface area contributed by atoms with Crippen molar-refractivity contribution in [2.45, 2.75) is 19.9 Å². The number of nitrogens with one attached hydrogen (secondary N) is 1. The van der Waals surface area contributed by atoms with Crippen LogP contribution in [0.15, 0.2) is 51.7 Å². The van der Waals surface area contributed by atoms with Gasteiger partial charge in [-0.3, -0.25) is 4.79 Å². The summed E-state index contributed by atoms with van der Waals surface area (Å²) in [5.41, 5.74) is 2.66. The van der Waals surface area contributed by atoms with Crippen molar-refractivity contribution >= 4 is 28.5 Å². The van der Waals surface area contributed by atoms with Crippen LogP contribution in [0.4, 0.5) is 11.6 Å². The van der Waals surface area contributed by atoms with Gasteiger partial charge in [0.15, 0.2) is 11.3 Å². The summed E-state index contributed by atoms with van der Waals surface area (Å²) in [6, 6.07) is 13.8. The van der Waals surface area contributed by atoms with Crippen LogP contribution >= 0.6 is 0 Å². The van der Waals surface area contributed by atoms with Crippen LogP contribution in [0, 0.1) is 24.2 Å². The Hall–Kier alpha value is -3.79. The fourth-order valence-electron chi connectivity index (χ4n) is 3.75. The smallest absolute Gasteiger partial charge is 0.337 e. The van der Waals surface area contributed by atoms with Gasteiger partial charge in [-0.15, -0.1) is 0 Å². The molecule has 1 aliphatic heterocycles. The number of hydrogen-bond donors (Lipinski definition) is 2. The number of nitrogens with zero attached hydrogens (tertiary/aromatic N) is 2. The molecule has 2 heterocycles. The number of aromatic carboxylic acids is 1. The molecule has 0 unspecified atom stereocenters. The predicted octanol–water partition coefficient (Wildman–Crippen LogP) is 3.93. The van der Waals surface area contributed by atoms with Crippen molar-refractivity contribution in [1.82, 2.24) is 0 Å². The van der Waals surface area contributed by atoms with Crippen LogP contribution in [-0.4, -0.2) is 24.2 Å². The Morgan fingerprint density at radius 3 is 2.73 bits per heavy atom. The van der Waals surface area contributed by atoms with E-state index in [1.165, 1.54) is 6.07 Å². The molecule has 2 N–H and O–H groups in total. The molecule has 7 nitrogen and oxygen atoms in total. The SMILES string of the molecule is Cc1cc([C@@H](C)Nc2ccccc2C(=O)O)c2oc(N3CC(C#N)C3)cc(=O)c2c1. The Morgan fingerprint density at radius 2 is 2.03 bits per heavy atom. The van der Waals surface area contributed by atoms with Crippen molar-refractivity contribution in [3.63, 3.8) is 0 Å². The number of benzene rings is 2. The second-order valence-electron chi connectivity index (χ2n) is 7.63. The number of carboxylic acids is 1. The summed E-state index contributed by atoms with van der Waals surface area (Å²) in [7, 11) is 0. The van der Waals surface area contributed by atoms with Crippen molar-refractivity contribution < 1.29 is 14.3 Å². The molecular formula is C23H21N3O4. The van der Waals surface area contributed by atoms with Gasteiger partial charge in [0.05, 0.1) is 29.0 Å². The van der Waals surface area contributed by atoms with Gasteiger partial charge in [-0.25, -0.2) is 4.79 Å². The topological polar surface area (TPSA) is 107 Å². The van der Waals surface area contributed by atoms with Crippen molar-refractivity contribution in [1.29, 1.82) is 5.26 Å². The number of fused-ring (bicyclic) bond motifs is 1. The van der Waals surface area contributed by atoms with Gasteiger partial charge in [0, 0.05) is 30.4 Å². The molecule has 152 valence electrons. The van der Waals surface area contributed by atoms with Crippen molar-refractivity contribution in [3.8, 4) is 6.07 Å². The fraction of sp³-hybridized carbons (Fsp3) is 0.261. The normalized spacial score (nSPS) is 14.8. The minimum absolute atomic E-state index is 0.0587. The lowest BCUT2D eigenvalue weighted by atomic mass is 10.00. The molecule has 0 spiro atoms. The molecule has 0 amide bonds. The highest BCUT2D eigenvalue weighted by Crippen LogP contribution is 2.32. The van der Waals surface area contributed by atoms with Crippen LogP contribution in [0.5, 0.6) is 0 Å². The predicted molar refractivity (Wildman–Crippen MR) is 114 cm³/mol. The number of aryl methyl sites for hydroxylation is 1. The van der Waals surface area contributed by atoms with Crippen LogP contribution in [-0.2, 0) is 0 Å². The summed E-state index contributed by atoms with van der Waals surface area (Å²) in [6.45, 7) is 4.87. The van der Waals surface area contributed by atoms with Crippen molar-refractivity contribution in [2.75, 3.05) is 23.3 Å². The molecular weight excluding hydrogens is 382 g/mol. The number of para-hydroxylation sites is 1. The Morgan fingerprint density at radius 1 is 1.30 bits per heavy atom. The molecule has 0 saturated carbocycles. The third kappa shape index (κ3) is 3.48. The van der Waals surface area contributed by atoms with Gasteiger partial charge in [0.25, 0.3) is 0 Å². The lowest BCUT2D eigenvalue weighted by molar-refractivity contribution is 0.0698. The Balaban J connectivity index is 1.76.